The molecule has 0 amide bonds. The largest absolute Gasteiger partial charge is 0.388 e. The highest BCUT2D eigenvalue weighted by Gasteiger charge is 2.24. The van der Waals surface area contributed by atoms with E-state index in [4.69, 9.17) is 0 Å². The number of aliphatic hydroxyl groups excluding tert-OH is 1. The van der Waals surface area contributed by atoms with Gasteiger partial charge < -0.3 is 10.0 Å². The van der Waals surface area contributed by atoms with E-state index in [9.17, 15) is 13.9 Å². The van der Waals surface area contributed by atoms with Crippen molar-refractivity contribution in [3.8, 4) is 0 Å². The van der Waals surface area contributed by atoms with E-state index in [0.717, 1.165) is 6.07 Å². The van der Waals surface area contributed by atoms with Gasteiger partial charge >= 0.3 is 0 Å². The molecule has 114 valence electrons. The summed E-state index contributed by atoms with van der Waals surface area (Å²) in [5.41, 5.74) is 0.435. The third kappa shape index (κ3) is 4.84. The zero-order valence-electron chi connectivity index (χ0n) is 13.0. The van der Waals surface area contributed by atoms with Crippen LogP contribution in [0.1, 0.15) is 45.8 Å². The molecule has 0 spiro atoms. The first-order valence-electron chi connectivity index (χ1n) is 6.95. The van der Waals surface area contributed by atoms with E-state index in [1.807, 2.05) is 7.05 Å². The summed E-state index contributed by atoms with van der Waals surface area (Å²) in [7, 11) is 1.99. The minimum absolute atomic E-state index is 0.144. The first-order valence-corrected chi connectivity index (χ1v) is 6.95. The molecule has 0 saturated carbocycles. The Morgan fingerprint density at radius 3 is 2.10 bits per heavy atom. The Morgan fingerprint density at radius 2 is 1.65 bits per heavy atom. The van der Waals surface area contributed by atoms with Gasteiger partial charge in [-0.1, -0.05) is 20.8 Å². The highest BCUT2D eigenvalue weighted by Crippen LogP contribution is 2.25. The molecule has 0 bridgehead atoms. The fourth-order valence-electron chi connectivity index (χ4n) is 2.11. The molecule has 2 nitrogen and oxygen atoms in total. The smallest absolute Gasteiger partial charge is 0.126 e. The van der Waals surface area contributed by atoms with E-state index in [2.05, 4.69) is 32.6 Å². The van der Waals surface area contributed by atoms with Crippen LogP contribution in [0.3, 0.4) is 0 Å². The highest BCUT2D eigenvalue weighted by atomic mass is 19.1. The van der Waals surface area contributed by atoms with E-state index in [0.29, 0.717) is 24.6 Å². The summed E-state index contributed by atoms with van der Waals surface area (Å²) in [6.07, 6.45) is -0.408. The van der Waals surface area contributed by atoms with E-state index in [-0.39, 0.29) is 5.41 Å². The Morgan fingerprint density at radius 1 is 1.15 bits per heavy atom. The second-order valence-corrected chi connectivity index (χ2v) is 6.53. The number of nitrogens with zero attached hydrogens (tertiary/aromatic N) is 1. The molecule has 1 rings (SSSR count). The van der Waals surface area contributed by atoms with Gasteiger partial charge in [0.05, 0.1) is 6.10 Å². The third-order valence-corrected chi connectivity index (χ3v) is 3.94. The Balaban J connectivity index is 2.61. The fraction of sp³-hybridized carbons (Fsp3) is 0.625. The van der Waals surface area contributed by atoms with Crippen molar-refractivity contribution in [3.05, 3.63) is 35.4 Å². The molecule has 0 aliphatic rings. The second-order valence-electron chi connectivity index (χ2n) is 6.53. The molecule has 0 aromatic heterocycles. The first-order chi connectivity index (χ1) is 9.11. The molecule has 0 aliphatic carbocycles. The molecule has 20 heavy (non-hydrogen) atoms. The van der Waals surface area contributed by atoms with Gasteiger partial charge in [0.2, 0.25) is 0 Å². The van der Waals surface area contributed by atoms with Gasteiger partial charge in [-0.15, -0.1) is 0 Å². The van der Waals surface area contributed by atoms with Crippen LogP contribution in [0.4, 0.5) is 8.78 Å². The van der Waals surface area contributed by atoms with Gasteiger partial charge in [0.25, 0.3) is 0 Å². The topological polar surface area (TPSA) is 23.5 Å². The van der Waals surface area contributed by atoms with Crippen LogP contribution in [0.5, 0.6) is 0 Å². The number of halogens is 2. The molecule has 0 radical (unpaired) electrons. The minimum Gasteiger partial charge on any atom is -0.388 e. The van der Waals surface area contributed by atoms with Crippen molar-refractivity contribution < 1.29 is 13.9 Å². The first kappa shape index (κ1) is 17.1. The predicted octanol–water partition coefficient (Wildman–Crippen LogP) is 3.75. The van der Waals surface area contributed by atoms with Crippen molar-refractivity contribution in [2.75, 3.05) is 13.6 Å². The van der Waals surface area contributed by atoms with Crippen LogP contribution < -0.4 is 0 Å². The SMILES string of the molecule is CC(N(C)CCC(O)c1cc(F)cc(F)c1)C(C)(C)C. The fourth-order valence-corrected chi connectivity index (χ4v) is 2.11. The average Bonchev–Trinajstić information content (AvgIpc) is 2.32. The van der Waals surface area contributed by atoms with E-state index in [1.54, 1.807) is 0 Å². The summed E-state index contributed by atoms with van der Waals surface area (Å²) in [5.74, 6) is -1.31. The lowest BCUT2D eigenvalue weighted by Crippen LogP contribution is -2.40. The summed E-state index contributed by atoms with van der Waals surface area (Å²) >= 11 is 0. The van der Waals surface area contributed by atoms with Crippen LogP contribution in [0, 0.1) is 17.0 Å². The zero-order valence-corrected chi connectivity index (χ0v) is 13.0. The number of benzene rings is 1. The summed E-state index contributed by atoms with van der Waals surface area (Å²) in [5, 5.41) is 10.0. The molecule has 1 aromatic carbocycles. The summed E-state index contributed by atoms with van der Waals surface area (Å²) in [6, 6.07) is 3.52. The third-order valence-electron chi connectivity index (χ3n) is 3.94. The molecule has 2 atom stereocenters. The Bertz CT molecular complexity index is 422. The van der Waals surface area contributed by atoms with E-state index >= 15 is 0 Å². The van der Waals surface area contributed by atoms with Crippen LogP contribution in [0.25, 0.3) is 0 Å². The van der Waals surface area contributed by atoms with Crippen molar-refractivity contribution in [2.45, 2.75) is 46.3 Å². The predicted molar refractivity (Wildman–Crippen MR) is 77.5 cm³/mol. The number of aliphatic hydroxyl groups is 1. The normalized spacial score (nSPS) is 15.4. The Hall–Kier alpha value is -1.00. The molecular formula is C16H25F2NO. The molecule has 2 unspecified atom stereocenters. The summed E-state index contributed by atoms with van der Waals surface area (Å²) in [6.45, 7) is 9.28. The maximum absolute atomic E-state index is 13.1. The van der Waals surface area contributed by atoms with Crippen LogP contribution >= 0.6 is 0 Å². The molecule has 1 N–H and O–H groups in total. The highest BCUT2D eigenvalue weighted by molar-refractivity contribution is 5.20. The minimum atomic E-state index is -0.852. The standard InChI is InChI=1S/C16H25F2NO/c1-11(16(2,3)4)19(5)7-6-15(20)12-8-13(17)10-14(18)9-12/h8-11,15,20H,6-7H2,1-5H3. The number of hydrogen-bond donors (Lipinski definition) is 1. The quantitative estimate of drug-likeness (QED) is 0.890. The monoisotopic (exact) mass is 285 g/mol. The van der Waals surface area contributed by atoms with Crippen molar-refractivity contribution in [2.24, 2.45) is 5.41 Å². The molecule has 1 aromatic rings. The molecule has 0 saturated heterocycles. The van der Waals surface area contributed by atoms with Crippen LogP contribution in [0.2, 0.25) is 0 Å². The van der Waals surface area contributed by atoms with Gasteiger partial charge in [-0.3, -0.25) is 0 Å². The van der Waals surface area contributed by atoms with Crippen LogP contribution in [-0.2, 0) is 0 Å². The average molecular weight is 285 g/mol. The van der Waals surface area contributed by atoms with Crippen LogP contribution in [0.15, 0.2) is 18.2 Å². The second kappa shape index (κ2) is 6.64. The lowest BCUT2D eigenvalue weighted by Gasteiger charge is -2.35. The van der Waals surface area contributed by atoms with Gasteiger partial charge in [0, 0.05) is 18.7 Å². The molecule has 4 heteroatoms. The lowest BCUT2D eigenvalue weighted by atomic mass is 9.87. The molecule has 0 aliphatic heterocycles. The van der Waals surface area contributed by atoms with Crippen molar-refractivity contribution in [1.82, 2.24) is 4.90 Å². The Kier molecular flexibility index (Phi) is 5.66. The Labute approximate surface area is 120 Å². The van der Waals surface area contributed by atoms with Crippen molar-refractivity contribution in [1.29, 1.82) is 0 Å². The van der Waals surface area contributed by atoms with Gasteiger partial charge in [-0.05, 0) is 43.5 Å². The van der Waals surface area contributed by atoms with E-state index < -0.39 is 17.7 Å². The summed E-state index contributed by atoms with van der Waals surface area (Å²) in [4.78, 5) is 2.15. The molecular weight excluding hydrogens is 260 g/mol. The van der Waals surface area contributed by atoms with Crippen molar-refractivity contribution in [3.63, 3.8) is 0 Å². The van der Waals surface area contributed by atoms with Crippen molar-refractivity contribution >= 4 is 0 Å². The van der Waals surface area contributed by atoms with Crippen LogP contribution in [-0.4, -0.2) is 29.6 Å². The van der Waals surface area contributed by atoms with E-state index in [1.165, 1.54) is 12.1 Å². The number of rotatable bonds is 5. The summed E-state index contributed by atoms with van der Waals surface area (Å²) < 4.78 is 26.2. The maximum atomic E-state index is 13.1. The van der Waals surface area contributed by atoms with Gasteiger partial charge in [-0.2, -0.15) is 0 Å². The maximum Gasteiger partial charge on any atom is 0.126 e. The van der Waals surface area contributed by atoms with Gasteiger partial charge in [-0.25, -0.2) is 8.78 Å². The zero-order chi connectivity index (χ0) is 15.5. The van der Waals surface area contributed by atoms with Gasteiger partial charge in [0.15, 0.2) is 0 Å². The number of hydrogen-bond acceptors (Lipinski definition) is 2. The van der Waals surface area contributed by atoms with Gasteiger partial charge in [0.1, 0.15) is 11.6 Å². The molecule has 0 fully saturated rings. The molecule has 0 heterocycles. The lowest BCUT2D eigenvalue weighted by molar-refractivity contribution is 0.104.